The lowest BCUT2D eigenvalue weighted by atomic mass is 10.1. The van der Waals surface area contributed by atoms with Crippen LogP contribution in [0.25, 0.3) is 0 Å². The maximum absolute atomic E-state index is 5.77. The van der Waals surface area contributed by atoms with Gasteiger partial charge in [-0.2, -0.15) is 0 Å². The molecule has 0 amide bonds. The van der Waals surface area contributed by atoms with Crippen LogP contribution < -0.4 is 19.5 Å². The van der Waals surface area contributed by atoms with Gasteiger partial charge in [-0.1, -0.05) is 0 Å². The van der Waals surface area contributed by atoms with E-state index in [0.717, 1.165) is 30.2 Å². The molecule has 1 aromatic rings. The summed E-state index contributed by atoms with van der Waals surface area (Å²) in [6.45, 7) is 4.89. The molecule has 1 aromatic carbocycles. The fourth-order valence-electron chi connectivity index (χ4n) is 2.18. The zero-order valence-corrected chi connectivity index (χ0v) is 11.7. The average molecular weight is 267 g/mol. The van der Waals surface area contributed by atoms with Crippen molar-refractivity contribution >= 4 is 0 Å². The van der Waals surface area contributed by atoms with Crippen LogP contribution in [0, 0.1) is 0 Å². The van der Waals surface area contributed by atoms with E-state index in [0.29, 0.717) is 19.0 Å². The summed E-state index contributed by atoms with van der Waals surface area (Å²) < 4.78 is 22.1. The van der Waals surface area contributed by atoms with E-state index in [1.807, 2.05) is 19.1 Å². The van der Waals surface area contributed by atoms with E-state index in [9.17, 15) is 0 Å². The van der Waals surface area contributed by atoms with E-state index in [1.165, 1.54) is 0 Å². The zero-order valence-electron chi connectivity index (χ0n) is 11.7. The van der Waals surface area contributed by atoms with Gasteiger partial charge >= 0.3 is 0 Å². The standard InChI is InChI=1S/C14H21NO4/c1-4-18-13-7-10(14-9-15-5-6-19-14)11(16-2)8-12(13)17-3/h7-8,14-15H,4-6,9H2,1-3H3. The second-order valence-corrected chi connectivity index (χ2v) is 4.24. The van der Waals surface area contributed by atoms with Gasteiger partial charge in [-0.15, -0.1) is 0 Å². The maximum Gasteiger partial charge on any atom is 0.164 e. The first-order valence-corrected chi connectivity index (χ1v) is 6.51. The summed E-state index contributed by atoms with van der Waals surface area (Å²) in [4.78, 5) is 0. The molecule has 106 valence electrons. The third-order valence-corrected chi connectivity index (χ3v) is 3.09. The summed E-state index contributed by atoms with van der Waals surface area (Å²) in [5.41, 5.74) is 0.985. The first-order chi connectivity index (χ1) is 9.30. The smallest absolute Gasteiger partial charge is 0.164 e. The minimum absolute atomic E-state index is 0.0196. The SMILES string of the molecule is CCOc1cc(C2CNCCO2)c(OC)cc1OC. The molecule has 1 heterocycles. The highest BCUT2D eigenvalue weighted by Gasteiger charge is 2.22. The van der Waals surface area contributed by atoms with Crippen molar-refractivity contribution in [3.63, 3.8) is 0 Å². The minimum Gasteiger partial charge on any atom is -0.496 e. The summed E-state index contributed by atoms with van der Waals surface area (Å²) >= 11 is 0. The van der Waals surface area contributed by atoms with Crippen LogP contribution in [0.4, 0.5) is 0 Å². The van der Waals surface area contributed by atoms with Crippen molar-refractivity contribution in [3.05, 3.63) is 17.7 Å². The molecule has 1 atom stereocenters. The summed E-state index contributed by atoms with van der Waals surface area (Å²) in [6, 6.07) is 3.79. The Kier molecular flexibility index (Phi) is 4.87. The molecular formula is C14H21NO4. The second-order valence-electron chi connectivity index (χ2n) is 4.24. The molecule has 1 aliphatic rings. The van der Waals surface area contributed by atoms with Crippen LogP contribution in [-0.4, -0.2) is 40.5 Å². The van der Waals surface area contributed by atoms with E-state index in [2.05, 4.69) is 5.32 Å². The normalized spacial score (nSPS) is 19.0. The van der Waals surface area contributed by atoms with E-state index >= 15 is 0 Å². The van der Waals surface area contributed by atoms with Crippen LogP contribution in [0.2, 0.25) is 0 Å². The minimum atomic E-state index is -0.0196. The summed E-state index contributed by atoms with van der Waals surface area (Å²) in [5.74, 6) is 2.15. The van der Waals surface area contributed by atoms with Crippen molar-refractivity contribution in [2.24, 2.45) is 0 Å². The van der Waals surface area contributed by atoms with Gasteiger partial charge in [0, 0.05) is 24.7 Å². The summed E-state index contributed by atoms with van der Waals surface area (Å²) in [6.07, 6.45) is -0.0196. The number of ether oxygens (including phenoxy) is 4. The van der Waals surface area contributed by atoms with E-state index in [4.69, 9.17) is 18.9 Å². The van der Waals surface area contributed by atoms with Gasteiger partial charge in [-0.25, -0.2) is 0 Å². The van der Waals surface area contributed by atoms with Crippen LogP contribution in [0.1, 0.15) is 18.6 Å². The van der Waals surface area contributed by atoms with Crippen LogP contribution >= 0.6 is 0 Å². The third-order valence-electron chi connectivity index (χ3n) is 3.09. The largest absolute Gasteiger partial charge is 0.496 e. The highest BCUT2D eigenvalue weighted by atomic mass is 16.5. The predicted molar refractivity (Wildman–Crippen MR) is 72.3 cm³/mol. The van der Waals surface area contributed by atoms with Gasteiger partial charge in [-0.3, -0.25) is 0 Å². The molecule has 0 aliphatic carbocycles. The lowest BCUT2D eigenvalue weighted by Gasteiger charge is -2.26. The Balaban J connectivity index is 2.36. The molecular weight excluding hydrogens is 246 g/mol. The first-order valence-electron chi connectivity index (χ1n) is 6.51. The number of methoxy groups -OCH3 is 2. The van der Waals surface area contributed by atoms with Crippen molar-refractivity contribution in [2.75, 3.05) is 40.5 Å². The number of benzene rings is 1. The molecule has 1 fully saturated rings. The van der Waals surface area contributed by atoms with Crippen molar-refractivity contribution in [1.82, 2.24) is 5.32 Å². The zero-order chi connectivity index (χ0) is 13.7. The molecule has 5 nitrogen and oxygen atoms in total. The first kappa shape index (κ1) is 14.0. The molecule has 0 bridgehead atoms. The Morgan fingerprint density at radius 2 is 2.00 bits per heavy atom. The Morgan fingerprint density at radius 3 is 2.58 bits per heavy atom. The second kappa shape index (κ2) is 6.63. The molecule has 1 aliphatic heterocycles. The highest BCUT2D eigenvalue weighted by Crippen LogP contribution is 2.38. The summed E-state index contributed by atoms with van der Waals surface area (Å²) in [7, 11) is 3.27. The topological polar surface area (TPSA) is 49.0 Å². The number of hydrogen-bond acceptors (Lipinski definition) is 5. The quantitative estimate of drug-likeness (QED) is 0.881. The van der Waals surface area contributed by atoms with E-state index in [-0.39, 0.29) is 6.10 Å². The van der Waals surface area contributed by atoms with Crippen molar-refractivity contribution < 1.29 is 18.9 Å². The van der Waals surface area contributed by atoms with Crippen molar-refractivity contribution in [2.45, 2.75) is 13.0 Å². The third kappa shape index (κ3) is 3.11. The van der Waals surface area contributed by atoms with Gasteiger partial charge in [0.05, 0.1) is 33.5 Å². The fourth-order valence-corrected chi connectivity index (χ4v) is 2.18. The van der Waals surface area contributed by atoms with Crippen LogP contribution in [-0.2, 0) is 4.74 Å². The molecule has 0 aromatic heterocycles. The number of rotatable bonds is 5. The average Bonchev–Trinajstić information content (AvgIpc) is 2.48. The molecule has 0 spiro atoms. The number of hydrogen-bond donors (Lipinski definition) is 1. The molecule has 0 saturated carbocycles. The Labute approximate surface area is 113 Å². The van der Waals surface area contributed by atoms with Gasteiger partial charge in [0.1, 0.15) is 5.75 Å². The molecule has 1 saturated heterocycles. The Bertz CT molecular complexity index is 416. The van der Waals surface area contributed by atoms with E-state index in [1.54, 1.807) is 14.2 Å². The van der Waals surface area contributed by atoms with Crippen LogP contribution in [0.15, 0.2) is 12.1 Å². The van der Waals surface area contributed by atoms with Gasteiger partial charge < -0.3 is 24.3 Å². The molecule has 1 N–H and O–H groups in total. The van der Waals surface area contributed by atoms with Gasteiger partial charge in [0.15, 0.2) is 11.5 Å². The fraction of sp³-hybridized carbons (Fsp3) is 0.571. The molecule has 1 unspecified atom stereocenters. The lowest BCUT2D eigenvalue weighted by molar-refractivity contribution is 0.0260. The Morgan fingerprint density at radius 1 is 1.21 bits per heavy atom. The highest BCUT2D eigenvalue weighted by molar-refractivity contribution is 5.51. The number of nitrogens with one attached hydrogen (secondary N) is 1. The molecule has 0 radical (unpaired) electrons. The number of morpholine rings is 1. The molecule has 2 rings (SSSR count). The monoisotopic (exact) mass is 267 g/mol. The van der Waals surface area contributed by atoms with Crippen molar-refractivity contribution in [3.8, 4) is 17.2 Å². The van der Waals surface area contributed by atoms with Gasteiger partial charge in [0.2, 0.25) is 0 Å². The molecule has 5 heteroatoms. The Hall–Kier alpha value is -1.46. The maximum atomic E-state index is 5.77. The van der Waals surface area contributed by atoms with Gasteiger partial charge in [0.25, 0.3) is 0 Å². The van der Waals surface area contributed by atoms with Crippen LogP contribution in [0.5, 0.6) is 17.2 Å². The predicted octanol–water partition coefficient (Wildman–Crippen LogP) is 1.76. The lowest BCUT2D eigenvalue weighted by Crippen LogP contribution is -2.33. The summed E-state index contributed by atoms with van der Waals surface area (Å²) in [5, 5.41) is 3.31. The van der Waals surface area contributed by atoms with Gasteiger partial charge in [-0.05, 0) is 13.0 Å². The van der Waals surface area contributed by atoms with Crippen LogP contribution in [0.3, 0.4) is 0 Å². The molecule has 19 heavy (non-hydrogen) atoms. The van der Waals surface area contributed by atoms with E-state index < -0.39 is 0 Å². The van der Waals surface area contributed by atoms with Crippen molar-refractivity contribution in [1.29, 1.82) is 0 Å².